The second-order valence-corrected chi connectivity index (χ2v) is 6.61. The first kappa shape index (κ1) is 16.1. The molecule has 0 atom stereocenters. The van der Waals surface area contributed by atoms with Gasteiger partial charge in [-0.05, 0) is 31.4 Å². The minimum Gasteiger partial charge on any atom is -0.370 e. The molecule has 25 heavy (non-hydrogen) atoms. The van der Waals surface area contributed by atoms with E-state index < -0.39 is 0 Å². The molecule has 0 unspecified atom stereocenters. The standard InChI is InChI=1S/C18H25N7/c1-2-8-24(9-3-1)16-12-18(23-21-14-16)22-17-5-4-15(13-20-17)25-10-6-19-7-11-25/h4-5,12-14,19H,1-3,6-11H2,(H,20,22,23). The molecule has 2 fully saturated rings. The quantitative estimate of drug-likeness (QED) is 0.883. The van der Waals surface area contributed by atoms with Crippen molar-refractivity contribution in [1.82, 2.24) is 20.5 Å². The molecule has 7 heteroatoms. The Morgan fingerprint density at radius 3 is 2.40 bits per heavy atom. The van der Waals surface area contributed by atoms with E-state index in [1.165, 1.54) is 24.9 Å². The monoisotopic (exact) mass is 339 g/mol. The highest BCUT2D eigenvalue weighted by atomic mass is 15.2. The van der Waals surface area contributed by atoms with Crippen LogP contribution in [0.4, 0.5) is 23.0 Å². The second-order valence-electron chi connectivity index (χ2n) is 6.61. The number of piperazine rings is 1. The maximum atomic E-state index is 4.54. The van der Waals surface area contributed by atoms with Gasteiger partial charge in [0.05, 0.1) is 23.8 Å². The highest BCUT2D eigenvalue weighted by molar-refractivity contribution is 5.59. The average Bonchev–Trinajstić information content (AvgIpc) is 2.70. The van der Waals surface area contributed by atoms with E-state index in [2.05, 4.69) is 47.7 Å². The molecule has 0 aliphatic carbocycles. The van der Waals surface area contributed by atoms with E-state index >= 15 is 0 Å². The lowest BCUT2D eigenvalue weighted by atomic mass is 10.1. The molecule has 2 saturated heterocycles. The van der Waals surface area contributed by atoms with Crippen LogP contribution in [0.1, 0.15) is 19.3 Å². The number of nitrogens with zero attached hydrogens (tertiary/aromatic N) is 5. The molecule has 4 rings (SSSR count). The fourth-order valence-electron chi connectivity index (χ4n) is 3.44. The molecule has 7 nitrogen and oxygen atoms in total. The minimum absolute atomic E-state index is 0.741. The lowest BCUT2D eigenvalue weighted by Gasteiger charge is -2.29. The zero-order valence-electron chi connectivity index (χ0n) is 14.5. The summed E-state index contributed by atoms with van der Waals surface area (Å²) in [5.41, 5.74) is 2.30. The van der Waals surface area contributed by atoms with Gasteiger partial charge in [-0.25, -0.2) is 4.98 Å². The van der Waals surface area contributed by atoms with Gasteiger partial charge in [0.15, 0.2) is 5.82 Å². The molecule has 0 spiro atoms. The van der Waals surface area contributed by atoms with E-state index in [9.17, 15) is 0 Å². The third kappa shape index (κ3) is 3.99. The summed E-state index contributed by atoms with van der Waals surface area (Å²) in [6.07, 6.45) is 7.59. The molecule has 0 amide bonds. The van der Waals surface area contributed by atoms with Crippen molar-refractivity contribution >= 4 is 23.0 Å². The molecule has 132 valence electrons. The van der Waals surface area contributed by atoms with Gasteiger partial charge in [-0.1, -0.05) is 0 Å². The molecule has 2 N–H and O–H groups in total. The number of rotatable bonds is 4. The van der Waals surface area contributed by atoms with Crippen LogP contribution in [-0.2, 0) is 0 Å². The highest BCUT2D eigenvalue weighted by Crippen LogP contribution is 2.23. The van der Waals surface area contributed by atoms with Gasteiger partial charge < -0.3 is 20.4 Å². The number of aromatic nitrogens is 3. The molecular weight excluding hydrogens is 314 g/mol. The average molecular weight is 339 g/mol. The molecule has 2 aromatic rings. The van der Waals surface area contributed by atoms with Crippen molar-refractivity contribution in [3.63, 3.8) is 0 Å². The van der Waals surface area contributed by atoms with E-state index in [4.69, 9.17) is 0 Å². The Balaban J connectivity index is 1.43. The van der Waals surface area contributed by atoms with Crippen LogP contribution >= 0.6 is 0 Å². The van der Waals surface area contributed by atoms with Crippen molar-refractivity contribution in [2.24, 2.45) is 0 Å². The first-order valence-electron chi connectivity index (χ1n) is 9.15. The van der Waals surface area contributed by atoms with Gasteiger partial charge in [-0.2, -0.15) is 5.10 Å². The maximum absolute atomic E-state index is 4.54. The Hall–Kier alpha value is -2.41. The molecule has 0 radical (unpaired) electrons. The SMILES string of the molecule is c1nnc(Nc2ccc(N3CCNCC3)cn2)cc1N1CCCCC1. The summed E-state index contributed by atoms with van der Waals surface area (Å²) in [5, 5.41) is 15.0. The first-order valence-corrected chi connectivity index (χ1v) is 9.15. The number of piperidine rings is 1. The number of hydrogen-bond acceptors (Lipinski definition) is 7. The summed E-state index contributed by atoms with van der Waals surface area (Å²) in [6, 6.07) is 6.18. The van der Waals surface area contributed by atoms with Gasteiger partial charge in [-0.15, -0.1) is 5.10 Å². The smallest absolute Gasteiger partial charge is 0.156 e. The van der Waals surface area contributed by atoms with Crippen LogP contribution < -0.4 is 20.4 Å². The largest absolute Gasteiger partial charge is 0.370 e. The van der Waals surface area contributed by atoms with E-state index in [-0.39, 0.29) is 0 Å². The Labute approximate surface area is 148 Å². The first-order chi connectivity index (χ1) is 12.4. The van der Waals surface area contributed by atoms with Crippen LogP contribution in [0.2, 0.25) is 0 Å². The molecule has 0 saturated carbocycles. The van der Waals surface area contributed by atoms with Crippen molar-refractivity contribution in [2.75, 3.05) is 54.4 Å². The third-order valence-electron chi connectivity index (χ3n) is 4.85. The summed E-state index contributed by atoms with van der Waals surface area (Å²) < 4.78 is 0. The van der Waals surface area contributed by atoms with Crippen molar-refractivity contribution in [1.29, 1.82) is 0 Å². The number of hydrogen-bond donors (Lipinski definition) is 2. The molecule has 2 aliphatic heterocycles. The third-order valence-corrected chi connectivity index (χ3v) is 4.85. The zero-order chi connectivity index (χ0) is 16.9. The fraction of sp³-hybridized carbons (Fsp3) is 0.500. The Morgan fingerprint density at radius 1 is 0.840 bits per heavy atom. The van der Waals surface area contributed by atoms with E-state index in [1.54, 1.807) is 0 Å². The van der Waals surface area contributed by atoms with Crippen LogP contribution in [0.25, 0.3) is 0 Å². The van der Waals surface area contributed by atoms with Gasteiger partial charge in [0.2, 0.25) is 0 Å². The lowest BCUT2D eigenvalue weighted by molar-refractivity contribution is 0.577. The summed E-state index contributed by atoms with van der Waals surface area (Å²) in [7, 11) is 0. The summed E-state index contributed by atoms with van der Waals surface area (Å²) in [5.74, 6) is 1.54. The number of nitrogens with one attached hydrogen (secondary N) is 2. The van der Waals surface area contributed by atoms with Crippen LogP contribution in [0.5, 0.6) is 0 Å². The van der Waals surface area contributed by atoms with Gasteiger partial charge in [0.1, 0.15) is 5.82 Å². The van der Waals surface area contributed by atoms with Crippen LogP contribution in [0, 0.1) is 0 Å². The van der Waals surface area contributed by atoms with Gasteiger partial charge in [-0.3, -0.25) is 0 Å². The Bertz CT molecular complexity index is 676. The molecule has 2 aliphatic rings. The van der Waals surface area contributed by atoms with Crippen LogP contribution in [-0.4, -0.2) is 54.4 Å². The van der Waals surface area contributed by atoms with Crippen molar-refractivity contribution < 1.29 is 0 Å². The number of pyridine rings is 1. The van der Waals surface area contributed by atoms with Gasteiger partial charge in [0, 0.05) is 45.3 Å². The van der Waals surface area contributed by atoms with Gasteiger partial charge in [0.25, 0.3) is 0 Å². The van der Waals surface area contributed by atoms with Crippen molar-refractivity contribution in [2.45, 2.75) is 19.3 Å². The van der Waals surface area contributed by atoms with Gasteiger partial charge >= 0.3 is 0 Å². The molecule has 2 aromatic heterocycles. The molecule has 0 bridgehead atoms. The topological polar surface area (TPSA) is 69.2 Å². The molecule has 4 heterocycles. The molecular formula is C18H25N7. The highest BCUT2D eigenvalue weighted by Gasteiger charge is 2.13. The Morgan fingerprint density at radius 2 is 1.64 bits per heavy atom. The Kier molecular flexibility index (Phi) is 4.92. The van der Waals surface area contributed by atoms with E-state index in [1.807, 2.05) is 18.5 Å². The summed E-state index contributed by atoms with van der Waals surface area (Å²) >= 11 is 0. The minimum atomic E-state index is 0.741. The van der Waals surface area contributed by atoms with Crippen LogP contribution in [0.3, 0.4) is 0 Å². The van der Waals surface area contributed by atoms with Crippen molar-refractivity contribution in [3.8, 4) is 0 Å². The predicted octanol–water partition coefficient (Wildman–Crippen LogP) is 2.02. The summed E-state index contributed by atoms with van der Waals surface area (Å²) in [6.45, 7) is 6.30. The molecule has 0 aromatic carbocycles. The summed E-state index contributed by atoms with van der Waals surface area (Å²) in [4.78, 5) is 9.27. The zero-order valence-corrected chi connectivity index (χ0v) is 14.5. The second kappa shape index (κ2) is 7.65. The predicted molar refractivity (Wildman–Crippen MR) is 101 cm³/mol. The normalized spacial score (nSPS) is 18.2. The fourth-order valence-corrected chi connectivity index (χ4v) is 3.44. The van der Waals surface area contributed by atoms with Crippen LogP contribution in [0.15, 0.2) is 30.6 Å². The van der Waals surface area contributed by atoms with E-state index in [0.29, 0.717) is 0 Å². The van der Waals surface area contributed by atoms with E-state index in [0.717, 1.165) is 56.6 Å². The number of anilines is 4. The maximum Gasteiger partial charge on any atom is 0.156 e. The lowest BCUT2D eigenvalue weighted by Crippen LogP contribution is -2.43. The van der Waals surface area contributed by atoms with Crippen molar-refractivity contribution in [3.05, 3.63) is 30.6 Å².